The molecule has 0 amide bonds. The number of rotatable bonds is 11. The normalized spacial score (nSPS) is 21.0. The molecule has 5 aromatic rings. The lowest BCUT2D eigenvalue weighted by atomic mass is 9.70. The van der Waals surface area contributed by atoms with Crippen molar-refractivity contribution in [2.45, 2.75) is 49.9 Å². The third kappa shape index (κ3) is 5.92. The molecular weight excluding hydrogens is 682 g/mol. The minimum atomic E-state index is -1.06. The molecule has 54 heavy (non-hydrogen) atoms. The highest BCUT2D eigenvalue weighted by atomic mass is 19.1. The van der Waals surface area contributed by atoms with Crippen molar-refractivity contribution in [1.82, 2.24) is 0 Å². The van der Waals surface area contributed by atoms with Crippen LogP contribution in [0.1, 0.15) is 54.5 Å². The maximum atomic E-state index is 14.5. The average molecular weight is 730 g/mol. The Morgan fingerprint density at radius 3 is 1.98 bits per heavy atom. The van der Waals surface area contributed by atoms with Crippen molar-refractivity contribution < 1.29 is 32.8 Å². The summed E-state index contributed by atoms with van der Waals surface area (Å²) in [6.45, 7) is 6.96. The first-order valence-corrected chi connectivity index (χ1v) is 18.8. The molecule has 3 unspecified atom stereocenters. The quantitative estimate of drug-likeness (QED) is 0.134. The molecule has 0 spiro atoms. The lowest BCUT2D eigenvalue weighted by molar-refractivity contribution is -0.00522. The molecule has 5 aromatic carbocycles. The fourth-order valence-corrected chi connectivity index (χ4v) is 9.10. The number of hydrogen-bond donors (Lipinski definition) is 0. The zero-order valence-corrected chi connectivity index (χ0v) is 31.9. The van der Waals surface area contributed by atoms with Crippen LogP contribution in [0.3, 0.4) is 0 Å². The van der Waals surface area contributed by atoms with E-state index in [1.54, 1.807) is 28.4 Å². The summed E-state index contributed by atoms with van der Waals surface area (Å²) in [5.41, 5.74) is 7.03. The van der Waals surface area contributed by atoms with E-state index in [0.29, 0.717) is 13.2 Å². The van der Waals surface area contributed by atoms with Crippen molar-refractivity contribution in [2.24, 2.45) is 0 Å². The molecule has 0 bridgehead atoms. The summed E-state index contributed by atoms with van der Waals surface area (Å²) in [5, 5.41) is 1.99. The maximum Gasteiger partial charge on any atom is 0.178 e. The summed E-state index contributed by atoms with van der Waals surface area (Å²) in [6, 6.07) is 27.9. The standard InChI is InChI=1S/C46H48FNO6/c1-29-27-48(28-30(2)53-29)34-13-9-32(10-14-34)46(31-7-11-33(47)12-8-31)20-19-39-43-42(37-17-15-35(51-5)25-40(37)44(39)54-46)38-18-16-36(52-6)26-41(38)45(43,21-23-49-3)22-24-50-4/h7-20,25-26,29-30H,21-24,27-28H2,1-6H3. The Morgan fingerprint density at radius 2 is 1.35 bits per heavy atom. The molecule has 0 radical (unpaired) electrons. The van der Waals surface area contributed by atoms with Crippen LogP contribution in [-0.2, 0) is 25.2 Å². The fourth-order valence-electron chi connectivity index (χ4n) is 9.10. The molecule has 1 fully saturated rings. The Hall–Kier alpha value is -4.89. The van der Waals surface area contributed by atoms with E-state index in [1.807, 2.05) is 24.3 Å². The highest BCUT2D eigenvalue weighted by Gasteiger charge is 2.48. The van der Waals surface area contributed by atoms with Crippen LogP contribution in [0.15, 0.2) is 91.0 Å². The van der Waals surface area contributed by atoms with E-state index in [9.17, 15) is 4.39 Å². The van der Waals surface area contributed by atoms with Crippen LogP contribution in [0.4, 0.5) is 10.1 Å². The van der Waals surface area contributed by atoms with Gasteiger partial charge in [-0.25, -0.2) is 4.39 Å². The fraction of sp³-hybridized carbons (Fsp3) is 0.348. The molecule has 2 aliphatic heterocycles. The molecule has 3 aliphatic rings. The van der Waals surface area contributed by atoms with Crippen LogP contribution in [0.25, 0.3) is 28.0 Å². The van der Waals surface area contributed by atoms with Crippen LogP contribution in [0, 0.1) is 5.82 Å². The van der Waals surface area contributed by atoms with Gasteiger partial charge in [-0.05, 0) is 115 Å². The first kappa shape index (κ1) is 36.1. The van der Waals surface area contributed by atoms with E-state index in [-0.39, 0.29) is 18.0 Å². The summed E-state index contributed by atoms with van der Waals surface area (Å²) in [5.74, 6) is 1.97. The molecule has 8 heteroatoms. The van der Waals surface area contributed by atoms with Gasteiger partial charge < -0.3 is 33.3 Å². The summed E-state index contributed by atoms with van der Waals surface area (Å²) in [4.78, 5) is 2.37. The van der Waals surface area contributed by atoms with E-state index in [2.05, 4.69) is 79.4 Å². The highest BCUT2D eigenvalue weighted by Crippen LogP contribution is 2.61. The zero-order valence-electron chi connectivity index (χ0n) is 31.9. The van der Waals surface area contributed by atoms with Gasteiger partial charge in [-0.1, -0.05) is 36.4 Å². The first-order chi connectivity index (χ1) is 26.2. The van der Waals surface area contributed by atoms with E-state index >= 15 is 0 Å². The van der Waals surface area contributed by atoms with Gasteiger partial charge in [0, 0.05) is 73.7 Å². The molecule has 1 saturated heterocycles. The number of morpholine rings is 1. The molecule has 7 nitrogen and oxygen atoms in total. The first-order valence-electron chi connectivity index (χ1n) is 18.8. The molecule has 0 aromatic heterocycles. The van der Waals surface area contributed by atoms with Crippen molar-refractivity contribution in [2.75, 3.05) is 59.6 Å². The van der Waals surface area contributed by atoms with Crippen LogP contribution in [0.2, 0.25) is 0 Å². The minimum Gasteiger partial charge on any atom is -0.497 e. The zero-order chi connectivity index (χ0) is 37.6. The van der Waals surface area contributed by atoms with E-state index < -0.39 is 11.0 Å². The van der Waals surface area contributed by atoms with Crippen molar-refractivity contribution in [3.05, 3.63) is 125 Å². The largest absolute Gasteiger partial charge is 0.497 e. The number of hydrogen-bond acceptors (Lipinski definition) is 7. The summed E-state index contributed by atoms with van der Waals surface area (Å²) >= 11 is 0. The maximum absolute atomic E-state index is 14.5. The Bertz CT molecular complexity index is 2180. The minimum absolute atomic E-state index is 0.138. The van der Waals surface area contributed by atoms with E-state index in [1.165, 1.54) is 23.3 Å². The molecule has 0 N–H and O–H groups in total. The SMILES string of the molecule is COCCC1(CCOC)c2cc(OC)ccc2-c2c1c1c(c3cc(OC)ccc23)OC(c2ccc(F)cc2)(c2ccc(N3CC(C)OC(C)C3)cc2)C=C1. The number of anilines is 1. The van der Waals surface area contributed by atoms with Crippen molar-refractivity contribution in [3.8, 4) is 28.4 Å². The van der Waals surface area contributed by atoms with Gasteiger partial charge in [0.25, 0.3) is 0 Å². The van der Waals surface area contributed by atoms with Crippen molar-refractivity contribution in [1.29, 1.82) is 0 Å². The van der Waals surface area contributed by atoms with Gasteiger partial charge in [0.15, 0.2) is 5.60 Å². The van der Waals surface area contributed by atoms with Gasteiger partial charge in [-0.15, -0.1) is 0 Å². The Labute approximate surface area is 317 Å². The van der Waals surface area contributed by atoms with Gasteiger partial charge in [0.2, 0.25) is 0 Å². The van der Waals surface area contributed by atoms with Crippen LogP contribution in [0.5, 0.6) is 17.2 Å². The summed E-state index contributed by atoms with van der Waals surface area (Å²) in [7, 11) is 6.89. The number of fused-ring (bicyclic) bond motifs is 8. The van der Waals surface area contributed by atoms with Gasteiger partial charge in [0.05, 0.1) is 26.4 Å². The number of ether oxygens (including phenoxy) is 6. The van der Waals surface area contributed by atoms with Crippen molar-refractivity contribution in [3.63, 3.8) is 0 Å². The average Bonchev–Trinajstić information content (AvgIpc) is 3.48. The molecule has 8 rings (SSSR count). The van der Waals surface area contributed by atoms with Gasteiger partial charge in [-0.2, -0.15) is 0 Å². The van der Waals surface area contributed by atoms with Gasteiger partial charge in [-0.3, -0.25) is 0 Å². The van der Waals surface area contributed by atoms with Crippen LogP contribution >= 0.6 is 0 Å². The molecule has 280 valence electrons. The predicted molar refractivity (Wildman–Crippen MR) is 212 cm³/mol. The van der Waals surface area contributed by atoms with Crippen LogP contribution in [-0.4, -0.2) is 67.0 Å². The lowest BCUT2D eigenvalue weighted by Gasteiger charge is -2.40. The second-order valence-electron chi connectivity index (χ2n) is 14.8. The topological polar surface area (TPSA) is 58.6 Å². The van der Waals surface area contributed by atoms with Gasteiger partial charge in [0.1, 0.15) is 23.1 Å². The van der Waals surface area contributed by atoms with E-state index in [4.69, 9.17) is 28.4 Å². The third-order valence-electron chi connectivity index (χ3n) is 11.6. The molecule has 0 saturated carbocycles. The number of nitrogens with zero attached hydrogens (tertiary/aromatic N) is 1. The molecule has 1 aliphatic carbocycles. The number of methoxy groups -OCH3 is 4. The van der Waals surface area contributed by atoms with Crippen molar-refractivity contribution >= 4 is 22.5 Å². The highest BCUT2D eigenvalue weighted by molar-refractivity contribution is 6.09. The predicted octanol–water partition coefficient (Wildman–Crippen LogP) is 9.30. The van der Waals surface area contributed by atoms with E-state index in [0.717, 1.165) is 87.5 Å². The third-order valence-corrected chi connectivity index (χ3v) is 11.6. The van der Waals surface area contributed by atoms with Gasteiger partial charge >= 0.3 is 0 Å². The van der Waals surface area contributed by atoms with Crippen LogP contribution < -0.4 is 19.1 Å². The Morgan fingerprint density at radius 1 is 0.741 bits per heavy atom. The lowest BCUT2D eigenvalue weighted by Crippen LogP contribution is -2.45. The monoisotopic (exact) mass is 729 g/mol. The number of benzene rings is 5. The smallest absolute Gasteiger partial charge is 0.178 e. The molecular formula is C46H48FNO6. The Kier molecular flexibility index (Phi) is 9.63. The second kappa shape index (κ2) is 14.4. The molecule has 2 heterocycles. The second-order valence-corrected chi connectivity index (χ2v) is 14.8. The summed E-state index contributed by atoms with van der Waals surface area (Å²) < 4.78 is 51.3. The summed E-state index contributed by atoms with van der Waals surface area (Å²) in [6.07, 6.45) is 6.09. The Balaban J connectivity index is 1.38. The number of halogens is 1. The molecule has 3 atom stereocenters.